The highest BCUT2D eigenvalue weighted by Gasteiger charge is 2.15. The minimum Gasteiger partial charge on any atom is -0.322 e. The molecule has 0 radical (unpaired) electrons. The first kappa shape index (κ1) is 19.6. The Kier molecular flexibility index (Phi) is 6.55. The minimum atomic E-state index is -0.120. The van der Waals surface area contributed by atoms with Crippen LogP contribution < -0.4 is 5.32 Å². The number of aryl methyl sites for hydroxylation is 1. The fourth-order valence-corrected chi connectivity index (χ4v) is 3.69. The summed E-state index contributed by atoms with van der Waals surface area (Å²) < 4.78 is 1.08. The van der Waals surface area contributed by atoms with Gasteiger partial charge in [-0.05, 0) is 72.0 Å². The Morgan fingerprint density at radius 2 is 1.88 bits per heavy atom. The molecule has 0 unspecified atom stereocenters. The molecule has 2 aromatic carbocycles. The Morgan fingerprint density at radius 1 is 1.15 bits per heavy atom. The zero-order valence-corrected chi connectivity index (χ0v) is 18.0. The number of carbonyl (C=O) groups is 1. The van der Waals surface area contributed by atoms with Crippen LogP contribution in [0.15, 0.2) is 36.4 Å². The second kappa shape index (κ2) is 8.69. The fraction of sp³-hybridized carbons (Fsp3) is 0.350. The van der Waals surface area contributed by atoms with Crippen LogP contribution in [0.25, 0.3) is 0 Å². The van der Waals surface area contributed by atoms with E-state index in [4.69, 9.17) is 11.6 Å². The third-order valence-corrected chi connectivity index (χ3v) is 6.25. The number of hydrogen-bond donors (Lipinski definition) is 1. The largest absolute Gasteiger partial charge is 0.322 e. The first-order valence-electron chi connectivity index (χ1n) is 8.69. The van der Waals surface area contributed by atoms with Crippen molar-refractivity contribution in [1.82, 2.24) is 9.80 Å². The Balaban J connectivity index is 1.65. The van der Waals surface area contributed by atoms with Crippen LogP contribution in [-0.2, 0) is 6.54 Å². The van der Waals surface area contributed by atoms with Gasteiger partial charge in [0.25, 0.3) is 5.91 Å². The van der Waals surface area contributed by atoms with E-state index < -0.39 is 0 Å². The zero-order chi connectivity index (χ0) is 18.7. The van der Waals surface area contributed by atoms with E-state index in [-0.39, 0.29) is 5.91 Å². The summed E-state index contributed by atoms with van der Waals surface area (Å²) in [6, 6.07) is 11.5. The van der Waals surface area contributed by atoms with Crippen molar-refractivity contribution >= 4 is 45.8 Å². The fourth-order valence-electron chi connectivity index (χ4n) is 2.94. The SMILES string of the molecule is Cc1ccc(C(=O)Nc2ccc(CN3CCN(C)CC3)c(Cl)c2)cc1I. The topological polar surface area (TPSA) is 35.6 Å². The Bertz CT molecular complexity index is 804. The third kappa shape index (κ3) is 4.97. The maximum Gasteiger partial charge on any atom is 0.255 e. The number of benzene rings is 2. The Hall–Kier alpha value is -1.15. The molecule has 1 aliphatic heterocycles. The van der Waals surface area contributed by atoms with E-state index in [0.717, 1.165) is 47.5 Å². The van der Waals surface area contributed by atoms with E-state index in [2.05, 4.69) is 44.8 Å². The Morgan fingerprint density at radius 3 is 2.54 bits per heavy atom. The number of halogens is 2. The van der Waals surface area contributed by atoms with Crippen LogP contribution in [0.4, 0.5) is 5.69 Å². The molecule has 1 saturated heterocycles. The molecule has 1 fully saturated rings. The molecule has 0 aromatic heterocycles. The highest BCUT2D eigenvalue weighted by Crippen LogP contribution is 2.23. The first-order chi connectivity index (χ1) is 12.4. The van der Waals surface area contributed by atoms with Crippen molar-refractivity contribution < 1.29 is 4.79 Å². The molecular formula is C20H23ClIN3O. The number of piperazine rings is 1. The third-order valence-electron chi connectivity index (χ3n) is 4.73. The number of amides is 1. The molecule has 0 atom stereocenters. The van der Waals surface area contributed by atoms with Gasteiger partial charge in [0.15, 0.2) is 0 Å². The standard InChI is InChI=1S/C20H23ClIN3O/c1-14-3-4-15(11-19(14)22)20(26)23-17-6-5-16(18(21)12-17)13-25-9-7-24(2)8-10-25/h3-6,11-12H,7-10,13H2,1-2H3,(H,23,26). The second-order valence-electron chi connectivity index (χ2n) is 6.80. The van der Waals surface area contributed by atoms with Crippen molar-refractivity contribution in [3.8, 4) is 0 Å². The van der Waals surface area contributed by atoms with E-state index >= 15 is 0 Å². The molecular weight excluding hydrogens is 461 g/mol. The summed E-state index contributed by atoms with van der Waals surface area (Å²) in [6.45, 7) is 7.15. The van der Waals surface area contributed by atoms with Crippen LogP contribution in [-0.4, -0.2) is 48.9 Å². The number of hydrogen-bond acceptors (Lipinski definition) is 3. The molecule has 1 aliphatic rings. The van der Waals surface area contributed by atoms with Crippen molar-refractivity contribution in [3.63, 3.8) is 0 Å². The average molecular weight is 484 g/mol. The molecule has 26 heavy (non-hydrogen) atoms. The smallest absolute Gasteiger partial charge is 0.255 e. The number of nitrogens with one attached hydrogen (secondary N) is 1. The van der Waals surface area contributed by atoms with Gasteiger partial charge in [-0.2, -0.15) is 0 Å². The molecule has 1 N–H and O–H groups in total. The summed E-state index contributed by atoms with van der Waals surface area (Å²) in [5.41, 5.74) is 3.63. The summed E-state index contributed by atoms with van der Waals surface area (Å²) in [6.07, 6.45) is 0. The minimum absolute atomic E-state index is 0.120. The molecule has 0 bridgehead atoms. The van der Waals surface area contributed by atoms with Crippen LogP contribution in [0.1, 0.15) is 21.5 Å². The van der Waals surface area contributed by atoms with Gasteiger partial charge in [-0.15, -0.1) is 0 Å². The van der Waals surface area contributed by atoms with Crippen LogP contribution in [0, 0.1) is 10.5 Å². The first-order valence-corrected chi connectivity index (χ1v) is 10.1. The molecule has 138 valence electrons. The van der Waals surface area contributed by atoms with Gasteiger partial charge in [-0.25, -0.2) is 0 Å². The van der Waals surface area contributed by atoms with Crippen molar-refractivity contribution in [2.45, 2.75) is 13.5 Å². The van der Waals surface area contributed by atoms with Crippen molar-refractivity contribution in [3.05, 3.63) is 61.7 Å². The molecule has 0 saturated carbocycles. The maximum atomic E-state index is 12.5. The van der Waals surface area contributed by atoms with E-state index in [1.807, 2.05) is 43.3 Å². The van der Waals surface area contributed by atoms with Gasteiger partial charge in [0.05, 0.1) is 0 Å². The van der Waals surface area contributed by atoms with Crippen molar-refractivity contribution in [2.75, 3.05) is 38.5 Å². The van der Waals surface area contributed by atoms with Gasteiger partial charge in [0, 0.05) is 52.6 Å². The van der Waals surface area contributed by atoms with E-state index in [1.165, 1.54) is 5.56 Å². The number of nitrogens with zero attached hydrogens (tertiary/aromatic N) is 2. The molecule has 1 heterocycles. The van der Waals surface area contributed by atoms with Gasteiger partial charge in [0.1, 0.15) is 0 Å². The quantitative estimate of drug-likeness (QED) is 0.661. The van der Waals surface area contributed by atoms with Gasteiger partial charge < -0.3 is 10.2 Å². The van der Waals surface area contributed by atoms with Gasteiger partial charge in [0.2, 0.25) is 0 Å². The number of rotatable bonds is 4. The van der Waals surface area contributed by atoms with E-state index in [0.29, 0.717) is 10.6 Å². The van der Waals surface area contributed by atoms with Crippen LogP contribution in [0.3, 0.4) is 0 Å². The van der Waals surface area contributed by atoms with Gasteiger partial charge >= 0.3 is 0 Å². The maximum absolute atomic E-state index is 12.5. The van der Waals surface area contributed by atoms with Crippen molar-refractivity contribution in [1.29, 1.82) is 0 Å². The Labute approximate surface area is 173 Å². The van der Waals surface area contributed by atoms with Crippen LogP contribution >= 0.6 is 34.2 Å². The molecule has 2 aromatic rings. The lowest BCUT2D eigenvalue weighted by Crippen LogP contribution is -2.43. The monoisotopic (exact) mass is 483 g/mol. The van der Waals surface area contributed by atoms with E-state index in [1.54, 1.807) is 0 Å². The highest BCUT2D eigenvalue weighted by molar-refractivity contribution is 14.1. The lowest BCUT2D eigenvalue weighted by atomic mass is 10.1. The van der Waals surface area contributed by atoms with Crippen LogP contribution in [0.5, 0.6) is 0 Å². The lowest BCUT2D eigenvalue weighted by molar-refractivity contribution is 0.102. The highest BCUT2D eigenvalue weighted by atomic mass is 127. The van der Waals surface area contributed by atoms with Crippen molar-refractivity contribution in [2.24, 2.45) is 0 Å². The molecule has 3 rings (SSSR count). The van der Waals surface area contributed by atoms with Gasteiger partial charge in [-0.3, -0.25) is 9.69 Å². The predicted octanol–water partition coefficient (Wildman–Crippen LogP) is 4.25. The molecule has 1 amide bonds. The summed E-state index contributed by atoms with van der Waals surface area (Å²) in [5, 5.41) is 3.63. The number of carbonyl (C=O) groups excluding carboxylic acids is 1. The molecule has 0 spiro atoms. The normalized spacial score (nSPS) is 15.8. The second-order valence-corrected chi connectivity index (χ2v) is 8.37. The van der Waals surface area contributed by atoms with E-state index in [9.17, 15) is 4.79 Å². The summed E-state index contributed by atoms with van der Waals surface area (Å²) in [5.74, 6) is -0.120. The number of anilines is 1. The molecule has 6 heteroatoms. The predicted molar refractivity (Wildman–Crippen MR) is 116 cm³/mol. The molecule has 4 nitrogen and oxygen atoms in total. The summed E-state index contributed by atoms with van der Waals surface area (Å²) in [4.78, 5) is 17.2. The zero-order valence-electron chi connectivity index (χ0n) is 15.1. The van der Waals surface area contributed by atoms with Gasteiger partial charge in [-0.1, -0.05) is 23.7 Å². The molecule has 0 aliphatic carbocycles. The number of likely N-dealkylation sites (N-methyl/N-ethyl adjacent to an activating group) is 1. The summed E-state index contributed by atoms with van der Waals surface area (Å²) in [7, 11) is 2.15. The summed E-state index contributed by atoms with van der Waals surface area (Å²) >= 11 is 8.71. The van der Waals surface area contributed by atoms with Crippen LogP contribution in [0.2, 0.25) is 5.02 Å². The lowest BCUT2D eigenvalue weighted by Gasteiger charge is -2.32. The average Bonchev–Trinajstić information content (AvgIpc) is 2.61.